The molecule has 4 aliphatic carbocycles. The third-order valence-corrected chi connectivity index (χ3v) is 13.0. The molecule has 0 heterocycles. The minimum atomic E-state index is -4.67. The Morgan fingerprint density at radius 1 is 1.07 bits per heavy atom. The number of fused-ring (bicyclic) bond motifs is 5. The number of phosphoric acid groups is 1. The van der Waals surface area contributed by atoms with Crippen molar-refractivity contribution in [2.75, 3.05) is 13.2 Å². The number of hydrogen-bond acceptors (Lipinski definition) is 7. The number of hydrogen-bond donors (Lipinski definition) is 5. The van der Waals surface area contributed by atoms with Crippen LogP contribution in [0.25, 0.3) is 0 Å². The molecule has 0 saturated heterocycles. The summed E-state index contributed by atoms with van der Waals surface area (Å²) in [6.07, 6.45) is 5.02. The molecular weight excluding hydrogens is 585 g/mol. The zero-order valence-corrected chi connectivity index (χ0v) is 28.6. The minimum Gasteiger partial charge on any atom is -0.458 e. The van der Waals surface area contributed by atoms with Crippen molar-refractivity contribution < 1.29 is 43.4 Å². The van der Waals surface area contributed by atoms with E-state index in [1.807, 2.05) is 0 Å². The van der Waals surface area contributed by atoms with E-state index in [4.69, 9.17) is 14.5 Å². The highest BCUT2D eigenvalue weighted by atomic mass is 31.2. The van der Waals surface area contributed by atoms with Gasteiger partial charge in [0.05, 0.1) is 18.8 Å². The molecule has 4 rings (SSSR count). The number of carbonyl (C=O) groups excluding carboxylic acids is 2. The first-order valence-electron chi connectivity index (χ1n) is 16.6. The lowest BCUT2D eigenvalue weighted by Gasteiger charge is -2.69. The molecule has 11 heteroatoms. The minimum absolute atomic E-state index is 0.00491. The van der Waals surface area contributed by atoms with Crippen molar-refractivity contribution in [2.24, 2.45) is 45.8 Å². The molecule has 0 aromatic rings. The largest absolute Gasteiger partial charge is 0.469 e. The van der Waals surface area contributed by atoms with Crippen molar-refractivity contribution in [1.82, 2.24) is 5.32 Å². The van der Waals surface area contributed by atoms with E-state index in [-0.39, 0.29) is 59.2 Å². The number of aliphatic hydroxyl groups is 2. The van der Waals surface area contributed by atoms with Crippen molar-refractivity contribution in [1.29, 1.82) is 0 Å². The van der Waals surface area contributed by atoms with Crippen LogP contribution in [0.3, 0.4) is 0 Å². The van der Waals surface area contributed by atoms with Gasteiger partial charge in [-0.15, -0.1) is 0 Å². The Morgan fingerprint density at radius 3 is 2.36 bits per heavy atom. The van der Waals surface area contributed by atoms with Crippen molar-refractivity contribution in [2.45, 2.75) is 125 Å². The Morgan fingerprint density at radius 2 is 1.75 bits per heavy atom. The standard InChI is InChI=1S/C33H56NO9P/c1-19(2)9-8-10-22(30(38)34-15-16-42-44(39,40)41)28-24-17-26(37)29-31(5)13-12-25(36)20(3)23(31)11-14-32(29,6)33(24,7)18-27(28)43-21(4)35/h19-20,23-27,29,36-37H,8-18H2,1-7H3,(H,34,38)(H2,39,40,41)/b28-22+/t20-,23-,24-,25+,26?,27-,29?,31-,32-,33-/m0/s1. The van der Waals surface area contributed by atoms with Crippen LogP contribution in [0.5, 0.6) is 0 Å². The van der Waals surface area contributed by atoms with Gasteiger partial charge in [-0.2, -0.15) is 0 Å². The predicted octanol–water partition coefficient (Wildman–Crippen LogP) is 4.89. The third-order valence-electron chi connectivity index (χ3n) is 12.5. The summed E-state index contributed by atoms with van der Waals surface area (Å²) >= 11 is 0. The molecule has 252 valence electrons. The van der Waals surface area contributed by atoms with Crippen molar-refractivity contribution in [3.63, 3.8) is 0 Å². The van der Waals surface area contributed by atoms with Gasteiger partial charge in [-0.05, 0) is 103 Å². The lowest BCUT2D eigenvalue weighted by atomic mass is 9.36. The summed E-state index contributed by atoms with van der Waals surface area (Å²) in [5.74, 6) is -0.0390. The fraction of sp³-hybridized carbons (Fsp3) is 0.879. The Labute approximate surface area is 263 Å². The molecule has 0 aromatic heterocycles. The van der Waals surface area contributed by atoms with Crippen LogP contribution < -0.4 is 5.32 Å². The predicted molar refractivity (Wildman–Crippen MR) is 166 cm³/mol. The number of esters is 1. The molecule has 0 aliphatic heterocycles. The first kappa shape index (κ1) is 35.6. The molecule has 4 aliphatic rings. The highest BCUT2D eigenvalue weighted by molar-refractivity contribution is 7.46. The second-order valence-electron chi connectivity index (χ2n) is 15.4. The summed E-state index contributed by atoms with van der Waals surface area (Å²) in [6.45, 7) is 14.2. The monoisotopic (exact) mass is 641 g/mol. The third kappa shape index (κ3) is 6.59. The molecule has 10 nitrogen and oxygen atoms in total. The summed E-state index contributed by atoms with van der Waals surface area (Å²) in [5, 5.41) is 25.6. The molecule has 0 radical (unpaired) electrons. The van der Waals surface area contributed by atoms with E-state index in [2.05, 4.69) is 51.4 Å². The zero-order chi connectivity index (χ0) is 32.8. The van der Waals surface area contributed by atoms with Crippen LogP contribution in [-0.2, 0) is 23.4 Å². The van der Waals surface area contributed by atoms with E-state index >= 15 is 0 Å². The van der Waals surface area contributed by atoms with E-state index in [9.17, 15) is 24.4 Å². The maximum absolute atomic E-state index is 13.8. The van der Waals surface area contributed by atoms with Gasteiger partial charge in [0.15, 0.2) is 0 Å². The number of aliphatic hydroxyl groups excluding tert-OH is 2. The van der Waals surface area contributed by atoms with Gasteiger partial charge in [-0.1, -0.05) is 48.0 Å². The molecule has 1 amide bonds. The van der Waals surface area contributed by atoms with E-state index in [0.29, 0.717) is 36.7 Å². The molecule has 0 aromatic carbocycles. The van der Waals surface area contributed by atoms with E-state index < -0.39 is 26.0 Å². The van der Waals surface area contributed by atoms with Crippen LogP contribution >= 0.6 is 7.82 Å². The van der Waals surface area contributed by atoms with Gasteiger partial charge in [0, 0.05) is 19.0 Å². The van der Waals surface area contributed by atoms with Gasteiger partial charge in [0.1, 0.15) is 6.10 Å². The Kier molecular flexibility index (Phi) is 10.6. The molecule has 10 atom stereocenters. The van der Waals surface area contributed by atoms with Crippen LogP contribution in [0.15, 0.2) is 11.1 Å². The Balaban J connectivity index is 1.76. The lowest BCUT2D eigenvalue weighted by Crippen LogP contribution is -2.65. The average molecular weight is 642 g/mol. The quantitative estimate of drug-likeness (QED) is 0.0968. The number of carbonyl (C=O) groups is 2. The normalized spacial score (nSPS) is 41.4. The first-order chi connectivity index (χ1) is 20.4. The van der Waals surface area contributed by atoms with E-state index in [0.717, 1.165) is 44.1 Å². The molecular formula is C33H56NO9P. The fourth-order valence-corrected chi connectivity index (χ4v) is 10.8. The fourth-order valence-electron chi connectivity index (χ4n) is 10.4. The van der Waals surface area contributed by atoms with Crippen molar-refractivity contribution in [3.8, 4) is 0 Å². The molecule has 5 N–H and O–H groups in total. The summed E-state index contributed by atoms with van der Waals surface area (Å²) in [7, 11) is -4.67. The van der Waals surface area contributed by atoms with Gasteiger partial charge in [0.2, 0.25) is 5.91 Å². The molecule has 2 unspecified atom stereocenters. The topological polar surface area (TPSA) is 163 Å². The van der Waals surface area contributed by atoms with Crippen LogP contribution in [0, 0.1) is 45.8 Å². The van der Waals surface area contributed by atoms with Crippen LogP contribution in [0.2, 0.25) is 0 Å². The summed E-state index contributed by atoms with van der Waals surface area (Å²) < 4.78 is 21.7. The van der Waals surface area contributed by atoms with Gasteiger partial charge in [-0.25, -0.2) is 4.57 Å². The molecule has 4 fully saturated rings. The highest BCUT2D eigenvalue weighted by Crippen LogP contribution is 2.74. The van der Waals surface area contributed by atoms with Crippen LogP contribution in [0.4, 0.5) is 0 Å². The SMILES string of the molecule is CC(=O)O[C@H]1C[C@@]2(C)[C@@H](CC(O)C3[C@]2(C)CC[C@H]2[C@H](C)[C@H](O)CC[C@]32C)/C1=C(/CCCC(C)C)C(=O)NCCOP(=O)(O)O. The second kappa shape index (κ2) is 13.1. The number of amides is 1. The highest BCUT2D eigenvalue weighted by Gasteiger charge is 2.70. The maximum atomic E-state index is 13.8. The number of rotatable bonds is 10. The zero-order valence-electron chi connectivity index (χ0n) is 27.7. The second-order valence-corrected chi connectivity index (χ2v) is 16.6. The number of phosphoric ester groups is 1. The number of ether oxygens (including phenoxy) is 1. The van der Waals surface area contributed by atoms with Gasteiger partial charge >= 0.3 is 13.8 Å². The van der Waals surface area contributed by atoms with Gasteiger partial charge < -0.3 is 30.1 Å². The molecule has 0 bridgehead atoms. The van der Waals surface area contributed by atoms with Crippen LogP contribution in [0.1, 0.15) is 106 Å². The smallest absolute Gasteiger partial charge is 0.458 e. The average Bonchev–Trinajstić information content (AvgIpc) is 3.17. The van der Waals surface area contributed by atoms with Crippen molar-refractivity contribution >= 4 is 19.7 Å². The van der Waals surface area contributed by atoms with Gasteiger partial charge in [-0.3, -0.25) is 14.1 Å². The van der Waals surface area contributed by atoms with Crippen molar-refractivity contribution in [3.05, 3.63) is 11.1 Å². The maximum Gasteiger partial charge on any atom is 0.469 e. The van der Waals surface area contributed by atoms with Crippen LogP contribution in [-0.4, -0.2) is 63.3 Å². The lowest BCUT2D eigenvalue weighted by molar-refractivity contribution is -0.234. The van der Waals surface area contributed by atoms with E-state index in [1.54, 1.807) is 0 Å². The van der Waals surface area contributed by atoms with E-state index in [1.165, 1.54) is 6.92 Å². The Hall–Kier alpha value is -1.29. The van der Waals surface area contributed by atoms with Gasteiger partial charge in [0.25, 0.3) is 0 Å². The first-order valence-corrected chi connectivity index (χ1v) is 18.1. The Bertz CT molecular complexity index is 1170. The molecule has 44 heavy (non-hydrogen) atoms. The summed E-state index contributed by atoms with van der Waals surface area (Å²) in [6, 6.07) is 0. The summed E-state index contributed by atoms with van der Waals surface area (Å²) in [4.78, 5) is 44.4. The molecule has 4 saturated carbocycles. The molecule has 0 spiro atoms. The summed E-state index contributed by atoms with van der Waals surface area (Å²) in [5.41, 5.74) is 0.550. The number of nitrogens with one attached hydrogen (secondary N) is 1.